The van der Waals surface area contributed by atoms with Gasteiger partial charge in [-0.25, -0.2) is 5.48 Å². The van der Waals surface area contributed by atoms with Crippen LogP contribution in [0.25, 0.3) is 0 Å². The molecule has 2 N–H and O–H groups in total. The number of nitrogens with one attached hydrogen (secondary N) is 2. The van der Waals surface area contributed by atoms with E-state index in [1.807, 2.05) is 24.3 Å². The molecule has 0 aromatic heterocycles. The van der Waals surface area contributed by atoms with Crippen LogP contribution in [0.3, 0.4) is 0 Å². The van der Waals surface area contributed by atoms with Gasteiger partial charge in [0.25, 0.3) is 0 Å². The van der Waals surface area contributed by atoms with E-state index in [9.17, 15) is 9.59 Å². The maximum absolute atomic E-state index is 11.8. The zero-order valence-corrected chi connectivity index (χ0v) is 10.8. The van der Waals surface area contributed by atoms with E-state index in [1.165, 1.54) is 11.8 Å². The Balaban J connectivity index is 1.99. The van der Waals surface area contributed by atoms with E-state index in [0.717, 1.165) is 10.6 Å². The van der Waals surface area contributed by atoms with Gasteiger partial charge in [0.1, 0.15) is 0 Å². The molecule has 18 heavy (non-hydrogen) atoms. The number of amides is 2. The van der Waals surface area contributed by atoms with Gasteiger partial charge in [-0.05, 0) is 19.1 Å². The lowest BCUT2D eigenvalue weighted by Crippen LogP contribution is -2.34. The summed E-state index contributed by atoms with van der Waals surface area (Å²) in [6, 6.07) is 7.53. The fourth-order valence-corrected chi connectivity index (χ4v) is 2.70. The number of fused-ring (bicyclic) bond motifs is 1. The van der Waals surface area contributed by atoms with Crippen LogP contribution in [-0.2, 0) is 14.4 Å². The number of para-hydroxylation sites is 1. The molecule has 0 bridgehead atoms. The van der Waals surface area contributed by atoms with E-state index in [4.69, 9.17) is 4.84 Å². The van der Waals surface area contributed by atoms with Gasteiger partial charge in [0, 0.05) is 11.3 Å². The number of thioether (sulfide) groups is 1. The molecule has 0 aliphatic carbocycles. The van der Waals surface area contributed by atoms with Gasteiger partial charge in [0.2, 0.25) is 11.8 Å². The average Bonchev–Trinajstić information content (AvgIpc) is 2.37. The SMILES string of the molecule is CCONC(=O)C[C@H]1Sc2ccccc2NC1=O. The molecule has 1 aliphatic rings. The summed E-state index contributed by atoms with van der Waals surface area (Å²) in [5.41, 5.74) is 3.09. The molecule has 0 saturated heterocycles. The number of hydrogen-bond acceptors (Lipinski definition) is 4. The first kappa shape index (κ1) is 12.9. The molecule has 1 heterocycles. The fourth-order valence-electron chi connectivity index (χ4n) is 1.59. The zero-order valence-electron chi connectivity index (χ0n) is 9.93. The Bertz CT molecular complexity index is 464. The number of carbonyl (C=O) groups is 2. The summed E-state index contributed by atoms with van der Waals surface area (Å²) < 4.78 is 0. The zero-order chi connectivity index (χ0) is 13.0. The van der Waals surface area contributed by atoms with Gasteiger partial charge in [-0.2, -0.15) is 0 Å². The summed E-state index contributed by atoms with van der Waals surface area (Å²) in [5, 5.41) is 2.37. The van der Waals surface area contributed by atoms with E-state index in [-0.39, 0.29) is 18.2 Å². The largest absolute Gasteiger partial charge is 0.324 e. The molecular formula is C12H14N2O3S. The number of carbonyl (C=O) groups excluding carboxylic acids is 2. The normalized spacial score (nSPS) is 17.8. The van der Waals surface area contributed by atoms with Crippen LogP contribution in [0, 0.1) is 0 Å². The Labute approximate surface area is 109 Å². The minimum absolute atomic E-state index is 0.102. The number of anilines is 1. The molecule has 1 aliphatic heterocycles. The molecule has 6 heteroatoms. The first-order valence-electron chi connectivity index (χ1n) is 5.68. The monoisotopic (exact) mass is 266 g/mol. The molecule has 0 radical (unpaired) electrons. The molecule has 96 valence electrons. The quantitative estimate of drug-likeness (QED) is 0.812. The molecule has 0 unspecified atom stereocenters. The minimum atomic E-state index is -0.416. The lowest BCUT2D eigenvalue weighted by molar-refractivity contribution is -0.134. The molecule has 2 rings (SSSR count). The van der Waals surface area contributed by atoms with Crippen LogP contribution in [0.1, 0.15) is 13.3 Å². The third-order valence-corrected chi connectivity index (χ3v) is 3.68. The molecule has 5 nitrogen and oxygen atoms in total. The van der Waals surface area contributed by atoms with Crippen molar-refractivity contribution in [3.63, 3.8) is 0 Å². The fraction of sp³-hybridized carbons (Fsp3) is 0.333. The lowest BCUT2D eigenvalue weighted by Gasteiger charge is -2.23. The first-order valence-corrected chi connectivity index (χ1v) is 6.56. The van der Waals surface area contributed by atoms with Crippen molar-refractivity contribution in [3.05, 3.63) is 24.3 Å². The predicted molar refractivity (Wildman–Crippen MR) is 69.1 cm³/mol. The Morgan fingerprint density at radius 3 is 3.06 bits per heavy atom. The van der Waals surface area contributed by atoms with Crippen molar-refractivity contribution in [2.75, 3.05) is 11.9 Å². The molecule has 1 atom stereocenters. The number of hydrogen-bond donors (Lipinski definition) is 2. The molecule has 0 spiro atoms. The van der Waals surface area contributed by atoms with Gasteiger partial charge in [0.15, 0.2) is 0 Å². The molecule has 1 aromatic rings. The second-order valence-electron chi connectivity index (χ2n) is 3.75. The van der Waals surface area contributed by atoms with Crippen molar-refractivity contribution < 1.29 is 14.4 Å². The Hall–Kier alpha value is -1.53. The van der Waals surface area contributed by atoms with Gasteiger partial charge in [0.05, 0.1) is 17.5 Å². The van der Waals surface area contributed by atoms with Crippen molar-refractivity contribution in [1.82, 2.24) is 5.48 Å². The Kier molecular flexibility index (Phi) is 4.22. The van der Waals surface area contributed by atoms with Gasteiger partial charge in [-0.3, -0.25) is 14.4 Å². The van der Waals surface area contributed by atoms with Crippen molar-refractivity contribution in [3.8, 4) is 0 Å². The van der Waals surface area contributed by atoms with Crippen LogP contribution in [0.2, 0.25) is 0 Å². The third-order valence-electron chi connectivity index (χ3n) is 2.41. The summed E-state index contributed by atoms with van der Waals surface area (Å²) in [4.78, 5) is 29.1. The third kappa shape index (κ3) is 3.02. The van der Waals surface area contributed by atoms with E-state index in [1.54, 1.807) is 6.92 Å². The summed E-state index contributed by atoms with van der Waals surface area (Å²) >= 11 is 1.40. The standard InChI is InChI=1S/C12H14N2O3S/c1-2-17-14-11(15)7-10-12(16)13-8-5-3-4-6-9(8)18-10/h3-6,10H,2,7H2,1H3,(H,13,16)(H,14,15)/t10-/m1/s1. The highest BCUT2D eigenvalue weighted by Crippen LogP contribution is 2.36. The van der Waals surface area contributed by atoms with Gasteiger partial charge in [-0.1, -0.05) is 12.1 Å². The molecule has 1 aromatic carbocycles. The number of hydroxylamine groups is 1. The average molecular weight is 266 g/mol. The van der Waals surface area contributed by atoms with Crippen LogP contribution in [-0.4, -0.2) is 23.7 Å². The predicted octanol–water partition coefficient (Wildman–Crippen LogP) is 1.56. The molecule has 0 saturated carbocycles. The Morgan fingerprint density at radius 2 is 2.28 bits per heavy atom. The topological polar surface area (TPSA) is 67.4 Å². The maximum atomic E-state index is 11.8. The van der Waals surface area contributed by atoms with Crippen LogP contribution >= 0.6 is 11.8 Å². The van der Waals surface area contributed by atoms with Gasteiger partial charge >= 0.3 is 0 Å². The molecule has 2 amide bonds. The second kappa shape index (κ2) is 5.88. The second-order valence-corrected chi connectivity index (χ2v) is 5.00. The number of benzene rings is 1. The highest BCUT2D eigenvalue weighted by molar-refractivity contribution is 8.01. The van der Waals surface area contributed by atoms with Gasteiger partial charge < -0.3 is 5.32 Å². The van der Waals surface area contributed by atoms with E-state index in [2.05, 4.69) is 10.8 Å². The summed E-state index contributed by atoms with van der Waals surface area (Å²) in [6.07, 6.45) is 0.102. The van der Waals surface area contributed by atoms with Crippen LogP contribution in [0.4, 0.5) is 5.69 Å². The van der Waals surface area contributed by atoms with Crippen molar-refractivity contribution in [1.29, 1.82) is 0 Å². The highest BCUT2D eigenvalue weighted by atomic mass is 32.2. The lowest BCUT2D eigenvalue weighted by atomic mass is 10.2. The van der Waals surface area contributed by atoms with E-state index in [0.29, 0.717) is 6.61 Å². The van der Waals surface area contributed by atoms with Crippen LogP contribution < -0.4 is 10.8 Å². The van der Waals surface area contributed by atoms with Crippen molar-refractivity contribution in [2.24, 2.45) is 0 Å². The van der Waals surface area contributed by atoms with Crippen molar-refractivity contribution >= 4 is 29.3 Å². The molecule has 0 fully saturated rings. The molecular weight excluding hydrogens is 252 g/mol. The Morgan fingerprint density at radius 1 is 1.50 bits per heavy atom. The summed E-state index contributed by atoms with van der Waals surface area (Å²) in [6.45, 7) is 2.18. The van der Waals surface area contributed by atoms with Gasteiger partial charge in [-0.15, -0.1) is 11.8 Å². The van der Waals surface area contributed by atoms with Crippen LogP contribution in [0.15, 0.2) is 29.2 Å². The maximum Gasteiger partial charge on any atom is 0.245 e. The minimum Gasteiger partial charge on any atom is -0.324 e. The first-order chi connectivity index (χ1) is 8.70. The summed E-state index contributed by atoms with van der Waals surface area (Å²) in [7, 11) is 0. The van der Waals surface area contributed by atoms with Crippen LogP contribution in [0.5, 0.6) is 0 Å². The highest BCUT2D eigenvalue weighted by Gasteiger charge is 2.28. The number of rotatable bonds is 4. The van der Waals surface area contributed by atoms with E-state index >= 15 is 0 Å². The van der Waals surface area contributed by atoms with Crippen molar-refractivity contribution in [2.45, 2.75) is 23.5 Å². The summed E-state index contributed by atoms with van der Waals surface area (Å²) in [5.74, 6) is -0.436. The van der Waals surface area contributed by atoms with E-state index < -0.39 is 5.25 Å². The smallest absolute Gasteiger partial charge is 0.245 e.